The molecule has 1 atom stereocenters. The fourth-order valence-electron chi connectivity index (χ4n) is 1.76. The molecule has 6 heteroatoms. The molecule has 0 radical (unpaired) electrons. The van der Waals surface area contributed by atoms with Crippen LogP contribution in [0.1, 0.15) is 12.2 Å². The molecule has 2 rings (SSSR count). The molecule has 0 saturated carbocycles. The normalized spacial score (nSPS) is 20.2. The molecule has 1 aliphatic heterocycles. The Morgan fingerprint density at radius 3 is 3.24 bits per heavy atom. The van der Waals surface area contributed by atoms with Gasteiger partial charge in [-0.2, -0.15) is 0 Å². The number of nitrogens with zero attached hydrogens (tertiary/aromatic N) is 2. The lowest BCUT2D eigenvalue weighted by molar-refractivity contribution is -0.131. The van der Waals surface area contributed by atoms with Crippen molar-refractivity contribution in [1.82, 2.24) is 15.4 Å². The summed E-state index contributed by atoms with van der Waals surface area (Å²) in [6, 6.07) is 1.87. The van der Waals surface area contributed by atoms with Crippen LogP contribution in [0.5, 0.6) is 0 Å². The lowest BCUT2D eigenvalue weighted by atomic mass is 10.2. The highest BCUT2D eigenvalue weighted by Gasteiger charge is 2.19. The Bertz CT molecular complexity index is 347. The van der Waals surface area contributed by atoms with Gasteiger partial charge in [-0.05, 0) is 0 Å². The van der Waals surface area contributed by atoms with E-state index in [4.69, 9.17) is 9.26 Å². The van der Waals surface area contributed by atoms with Crippen molar-refractivity contribution in [2.75, 3.05) is 26.8 Å². The second kappa shape index (κ2) is 5.79. The molecule has 1 aromatic heterocycles. The number of morpholine rings is 1. The number of aromatic nitrogens is 1. The van der Waals surface area contributed by atoms with Gasteiger partial charge in [-0.25, -0.2) is 0 Å². The topological polar surface area (TPSA) is 67.6 Å². The van der Waals surface area contributed by atoms with Gasteiger partial charge >= 0.3 is 0 Å². The number of ether oxygens (including phenoxy) is 1. The Labute approximate surface area is 99.9 Å². The van der Waals surface area contributed by atoms with Crippen LogP contribution in [0.2, 0.25) is 0 Å². The van der Waals surface area contributed by atoms with Crippen LogP contribution < -0.4 is 5.32 Å². The predicted molar refractivity (Wildman–Crippen MR) is 60.2 cm³/mol. The number of carbonyl (C=O) groups is 1. The summed E-state index contributed by atoms with van der Waals surface area (Å²) in [6.45, 7) is 2.58. The van der Waals surface area contributed by atoms with Gasteiger partial charge in [-0.3, -0.25) is 4.79 Å². The SMILES string of the molecule is CN(Cc1ccno1)C(=O)C[C@@H]1COCCN1. The maximum Gasteiger partial charge on any atom is 0.224 e. The summed E-state index contributed by atoms with van der Waals surface area (Å²) in [5.74, 6) is 0.762. The fourth-order valence-corrected chi connectivity index (χ4v) is 1.76. The second-order valence-electron chi connectivity index (χ2n) is 4.16. The third-order valence-corrected chi connectivity index (χ3v) is 2.73. The molecule has 2 heterocycles. The van der Waals surface area contributed by atoms with E-state index in [9.17, 15) is 4.79 Å². The standard InChI is InChI=1S/C11H17N3O3/c1-14(7-10-2-3-13-17-10)11(15)6-9-8-16-5-4-12-9/h2-3,9,12H,4-8H2,1H3/t9-/m1/s1. The first kappa shape index (κ1) is 12.1. The van der Waals surface area contributed by atoms with Crippen LogP contribution in [0.25, 0.3) is 0 Å². The predicted octanol–water partition coefficient (Wildman–Crippen LogP) is 0.0115. The molecule has 17 heavy (non-hydrogen) atoms. The average Bonchev–Trinajstić information content (AvgIpc) is 2.83. The van der Waals surface area contributed by atoms with Gasteiger partial charge in [0, 0.05) is 32.1 Å². The molecular weight excluding hydrogens is 222 g/mol. The van der Waals surface area contributed by atoms with Crippen LogP contribution >= 0.6 is 0 Å². The van der Waals surface area contributed by atoms with Crippen LogP contribution in [0, 0.1) is 0 Å². The van der Waals surface area contributed by atoms with Crippen molar-refractivity contribution in [2.24, 2.45) is 0 Å². The average molecular weight is 239 g/mol. The zero-order chi connectivity index (χ0) is 12.1. The first-order valence-electron chi connectivity index (χ1n) is 5.70. The Balaban J connectivity index is 1.78. The highest BCUT2D eigenvalue weighted by molar-refractivity contribution is 5.76. The van der Waals surface area contributed by atoms with Crippen LogP contribution in [0.3, 0.4) is 0 Å². The maximum absolute atomic E-state index is 11.9. The lowest BCUT2D eigenvalue weighted by Gasteiger charge is -2.25. The van der Waals surface area contributed by atoms with Crippen molar-refractivity contribution in [3.63, 3.8) is 0 Å². The van der Waals surface area contributed by atoms with Crippen molar-refractivity contribution in [1.29, 1.82) is 0 Å². The Hall–Kier alpha value is -1.40. The second-order valence-corrected chi connectivity index (χ2v) is 4.16. The summed E-state index contributed by atoms with van der Waals surface area (Å²) in [5.41, 5.74) is 0. The molecule has 0 aromatic carbocycles. The Morgan fingerprint density at radius 2 is 2.59 bits per heavy atom. The van der Waals surface area contributed by atoms with Crippen LogP contribution in [0.15, 0.2) is 16.8 Å². The number of hydrogen-bond donors (Lipinski definition) is 1. The van der Waals surface area contributed by atoms with E-state index >= 15 is 0 Å². The highest BCUT2D eigenvalue weighted by atomic mass is 16.5. The van der Waals surface area contributed by atoms with E-state index in [-0.39, 0.29) is 11.9 Å². The van der Waals surface area contributed by atoms with E-state index in [1.807, 2.05) is 0 Å². The molecule has 1 amide bonds. The van der Waals surface area contributed by atoms with E-state index in [1.54, 1.807) is 24.2 Å². The molecule has 6 nitrogen and oxygen atoms in total. The summed E-state index contributed by atoms with van der Waals surface area (Å²) >= 11 is 0. The third-order valence-electron chi connectivity index (χ3n) is 2.73. The summed E-state index contributed by atoms with van der Waals surface area (Å²) in [4.78, 5) is 13.5. The number of rotatable bonds is 4. The highest BCUT2D eigenvalue weighted by Crippen LogP contribution is 2.06. The van der Waals surface area contributed by atoms with Crippen molar-refractivity contribution < 1.29 is 14.1 Å². The number of carbonyl (C=O) groups excluding carboxylic acids is 1. The van der Waals surface area contributed by atoms with E-state index in [2.05, 4.69) is 10.5 Å². The molecule has 0 bridgehead atoms. The molecule has 1 aliphatic rings. The number of nitrogens with one attached hydrogen (secondary N) is 1. The van der Waals surface area contributed by atoms with E-state index < -0.39 is 0 Å². The van der Waals surface area contributed by atoms with Crippen molar-refractivity contribution in [2.45, 2.75) is 19.0 Å². The zero-order valence-electron chi connectivity index (χ0n) is 9.89. The largest absolute Gasteiger partial charge is 0.378 e. The molecule has 0 unspecified atom stereocenters. The molecule has 1 N–H and O–H groups in total. The zero-order valence-corrected chi connectivity index (χ0v) is 9.89. The van der Waals surface area contributed by atoms with Gasteiger partial charge in [0.25, 0.3) is 0 Å². The van der Waals surface area contributed by atoms with Crippen molar-refractivity contribution >= 4 is 5.91 Å². The molecule has 94 valence electrons. The Kier molecular flexibility index (Phi) is 4.11. The minimum Gasteiger partial charge on any atom is -0.378 e. The van der Waals surface area contributed by atoms with E-state index in [0.29, 0.717) is 25.3 Å². The molecule has 0 aliphatic carbocycles. The minimum atomic E-state index is 0.0735. The maximum atomic E-state index is 11.9. The smallest absolute Gasteiger partial charge is 0.224 e. The summed E-state index contributed by atoms with van der Waals surface area (Å²) in [5, 5.41) is 6.86. The molecule has 1 fully saturated rings. The monoisotopic (exact) mass is 239 g/mol. The first-order valence-corrected chi connectivity index (χ1v) is 5.70. The molecular formula is C11H17N3O3. The summed E-state index contributed by atoms with van der Waals surface area (Å²) in [6.07, 6.45) is 2.02. The van der Waals surface area contributed by atoms with Gasteiger partial charge in [0.1, 0.15) is 0 Å². The van der Waals surface area contributed by atoms with Crippen LogP contribution in [-0.2, 0) is 16.1 Å². The fraction of sp³-hybridized carbons (Fsp3) is 0.636. The molecule has 0 spiro atoms. The van der Waals surface area contributed by atoms with Gasteiger partial charge in [0.05, 0.1) is 26.0 Å². The van der Waals surface area contributed by atoms with Crippen molar-refractivity contribution in [3.05, 3.63) is 18.0 Å². The van der Waals surface area contributed by atoms with Gasteiger partial charge in [0.2, 0.25) is 5.91 Å². The van der Waals surface area contributed by atoms with Gasteiger partial charge < -0.3 is 19.5 Å². The summed E-state index contributed by atoms with van der Waals surface area (Å²) < 4.78 is 10.3. The molecule has 1 aromatic rings. The minimum absolute atomic E-state index is 0.0735. The van der Waals surface area contributed by atoms with E-state index in [1.165, 1.54) is 0 Å². The number of hydrogen-bond acceptors (Lipinski definition) is 5. The Morgan fingerprint density at radius 1 is 1.71 bits per heavy atom. The quantitative estimate of drug-likeness (QED) is 0.801. The van der Waals surface area contributed by atoms with Gasteiger partial charge in [-0.15, -0.1) is 0 Å². The first-order chi connectivity index (χ1) is 8.25. The molecule has 1 saturated heterocycles. The lowest BCUT2D eigenvalue weighted by Crippen LogP contribution is -2.44. The third kappa shape index (κ3) is 3.54. The van der Waals surface area contributed by atoms with E-state index in [0.717, 1.165) is 13.2 Å². The van der Waals surface area contributed by atoms with Crippen LogP contribution in [0.4, 0.5) is 0 Å². The van der Waals surface area contributed by atoms with Crippen LogP contribution in [-0.4, -0.2) is 48.8 Å². The number of amides is 1. The van der Waals surface area contributed by atoms with Gasteiger partial charge in [0.15, 0.2) is 5.76 Å². The summed E-state index contributed by atoms with van der Waals surface area (Å²) in [7, 11) is 1.76. The van der Waals surface area contributed by atoms with Gasteiger partial charge in [-0.1, -0.05) is 5.16 Å². The van der Waals surface area contributed by atoms with Crippen molar-refractivity contribution in [3.8, 4) is 0 Å².